The van der Waals surface area contributed by atoms with E-state index in [-0.39, 0.29) is 4.79 Å². The second-order valence-electron chi connectivity index (χ2n) is 7.64. The van der Waals surface area contributed by atoms with E-state index in [2.05, 4.69) is 46.2 Å². The van der Waals surface area contributed by atoms with E-state index in [9.17, 15) is 0 Å². The molecular formula is C14H35NSi2. The maximum absolute atomic E-state index is 6.89. The van der Waals surface area contributed by atoms with Crippen LogP contribution >= 0.6 is 0 Å². The van der Waals surface area contributed by atoms with Crippen LogP contribution in [0.2, 0.25) is 39.3 Å². The Morgan fingerprint density at radius 3 is 1.53 bits per heavy atom. The molecule has 0 atom stereocenters. The van der Waals surface area contributed by atoms with Crippen LogP contribution in [-0.2, 0) is 0 Å². The van der Waals surface area contributed by atoms with Crippen LogP contribution in [0, 0.1) is 0 Å². The second kappa shape index (κ2) is 6.53. The summed E-state index contributed by atoms with van der Waals surface area (Å²) in [5.41, 5.74) is 6.89. The average Bonchev–Trinajstić information content (AvgIpc) is 2.13. The van der Waals surface area contributed by atoms with Crippen molar-refractivity contribution >= 4 is 16.1 Å². The molecule has 3 heteroatoms. The molecule has 0 saturated carbocycles. The lowest BCUT2D eigenvalue weighted by atomic mass is 10.1. The molecule has 2 N–H and O–H groups in total. The summed E-state index contributed by atoms with van der Waals surface area (Å²) in [5, 5.41) is 0. The van der Waals surface area contributed by atoms with E-state index in [4.69, 9.17) is 5.73 Å². The van der Waals surface area contributed by atoms with Gasteiger partial charge >= 0.3 is 0 Å². The minimum Gasteiger partial charge on any atom is -0.330 e. The van der Waals surface area contributed by atoms with Crippen LogP contribution in [0.15, 0.2) is 0 Å². The average molecular weight is 274 g/mol. The monoisotopic (exact) mass is 273 g/mol. The van der Waals surface area contributed by atoms with Crippen molar-refractivity contribution < 1.29 is 0 Å². The van der Waals surface area contributed by atoms with Gasteiger partial charge in [0.2, 0.25) is 0 Å². The van der Waals surface area contributed by atoms with Crippen LogP contribution in [0.25, 0.3) is 0 Å². The predicted octanol–water partition coefficient (Wildman–Crippen LogP) is 4.80. The molecule has 104 valence electrons. The Hall–Kier alpha value is 0.394. The van der Waals surface area contributed by atoms with Gasteiger partial charge in [0, 0.05) is 4.79 Å². The Morgan fingerprint density at radius 1 is 0.765 bits per heavy atom. The van der Waals surface area contributed by atoms with Crippen LogP contribution in [0.3, 0.4) is 0 Å². The summed E-state index contributed by atoms with van der Waals surface area (Å²) in [6.07, 6.45) is 8.09. The summed E-state index contributed by atoms with van der Waals surface area (Å²) in [4.78, 5) is 0.201. The van der Waals surface area contributed by atoms with Gasteiger partial charge in [-0.25, -0.2) is 0 Å². The Bertz CT molecular complexity index is 199. The van der Waals surface area contributed by atoms with Crippen molar-refractivity contribution in [3.8, 4) is 0 Å². The summed E-state index contributed by atoms with van der Waals surface area (Å²) >= 11 is 0. The highest BCUT2D eigenvalue weighted by molar-refractivity contribution is 6.98. The van der Waals surface area contributed by atoms with Gasteiger partial charge in [0.25, 0.3) is 0 Å². The molecule has 0 unspecified atom stereocenters. The zero-order chi connectivity index (χ0) is 13.7. The number of nitrogens with two attached hydrogens (primary N) is 1. The van der Waals surface area contributed by atoms with Gasteiger partial charge in [0.15, 0.2) is 0 Å². The van der Waals surface area contributed by atoms with E-state index in [0.717, 1.165) is 0 Å². The largest absolute Gasteiger partial charge is 0.330 e. The summed E-state index contributed by atoms with van der Waals surface area (Å²) in [7, 11) is -2.55. The molecule has 0 spiro atoms. The zero-order valence-corrected chi connectivity index (χ0v) is 15.3. The molecule has 0 saturated heterocycles. The third-order valence-electron chi connectivity index (χ3n) is 4.35. The molecule has 0 aliphatic carbocycles. The highest BCUT2D eigenvalue weighted by Crippen LogP contribution is 2.33. The Morgan fingerprint density at radius 2 is 1.18 bits per heavy atom. The maximum atomic E-state index is 6.89. The third-order valence-corrected chi connectivity index (χ3v) is 14.7. The molecule has 0 aromatic heterocycles. The first kappa shape index (κ1) is 17.4. The molecule has 0 heterocycles. The van der Waals surface area contributed by atoms with Crippen molar-refractivity contribution in [2.45, 2.75) is 89.5 Å². The third kappa shape index (κ3) is 4.88. The van der Waals surface area contributed by atoms with Gasteiger partial charge in [-0.15, -0.1) is 0 Å². The van der Waals surface area contributed by atoms with Crippen molar-refractivity contribution in [3.63, 3.8) is 0 Å². The molecule has 1 nitrogen and oxygen atoms in total. The topological polar surface area (TPSA) is 26.0 Å². The molecule has 17 heavy (non-hydrogen) atoms. The van der Waals surface area contributed by atoms with E-state index in [1.807, 2.05) is 0 Å². The highest BCUT2D eigenvalue weighted by Gasteiger charge is 2.48. The van der Waals surface area contributed by atoms with E-state index < -0.39 is 16.1 Å². The van der Waals surface area contributed by atoms with Gasteiger partial charge in [-0.2, -0.15) is 0 Å². The molecule has 0 aromatic rings. The van der Waals surface area contributed by atoms with Crippen molar-refractivity contribution in [1.29, 1.82) is 0 Å². The summed E-state index contributed by atoms with van der Waals surface area (Å²) in [6.45, 7) is 17.0. The van der Waals surface area contributed by atoms with Gasteiger partial charge in [0.05, 0.1) is 16.1 Å². The van der Waals surface area contributed by atoms with E-state index in [0.29, 0.717) is 0 Å². The number of hydrogen-bond acceptors (Lipinski definition) is 1. The summed E-state index contributed by atoms with van der Waals surface area (Å²) < 4.78 is 0. The summed E-state index contributed by atoms with van der Waals surface area (Å²) in [6, 6.07) is 0. The van der Waals surface area contributed by atoms with E-state index in [1.165, 1.54) is 38.5 Å². The van der Waals surface area contributed by atoms with E-state index in [1.54, 1.807) is 0 Å². The molecule has 0 aliphatic rings. The molecule has 0 rings (SSSR count). The lowest BCUT2D eigenvalue weighted by Gasteiger charge is -2.49. The van der Waals surface area contributed by atoms with E-state index >= 15 is 0 Å². The predicted molar refractivity (Wildman–Crippen MR) is 87.0 cm³/mol. The molecular weight excluding hydrogens is 238 g/mol. The molecule has 0 fully saturated rings. The number of unbranched alkanes of at least 4 members (excludes halogenated alkanes) is 4. The molecule has 0 aliphatic heterocycles. The second-order valence-corrected chi connectivity index (χ2v) is 18.9. The maximum Gasteiger partial charge on any atom is 0.0634 e. The van der Waals surface area contributed by atoms with Crippen molar-refractivity contribution in [1.82, 2.24) is 0 Å². The molecule has 0 aromatic carbocycles. The quantitative estimate of drug-likeness (QED) is 0.499. The normalized spacial score (nSPS) is 14.1. The van der Waals surface area contributed by atoms with Crippen LogP contribution in [-0.4, -0.2) is 20.9 Å². The fraction of sp³-hybridized carbons (Fsp3) is 1.00. The Balaban J connectivity index is 4.44. The van der Waals surface area contributed by atoms with Gasteiger partial charge in [-0.3, -0.25) is 0 Å². The standard InChI is InChI=1S/C14H35NSi2/c1-8-9-10-11-12-13-14(15,16(2,3)4)17(5,6)7/h8-13,15H2,1-7H3. The lowest BCUT2D eigenvalue weighted by molar-refractivity contribution is 0.561. The Kier molecular flexibility index (Phi) is 6.68. The fourth-order valence-corrected chi connectivity index (χ4v) is 13.7. The van der Waals surface area contributed by atoms with Crippen molar-refractivity contribution in [2.75, 3.05) is 0 Å². The number of hydrogen-bond donors (Lipinski definition) is 1. The minimum atomic E-state index is -1.28. The fourth-order valence-electron chi connectivity index (χ4n) is 2.88. The SMILES string of the molecule is CCCCCCCC(N)([Si](C)(C)C)[Si](C)(C)C. The first-order valence-corrected chi connectivity index (χ1v) is 14.3. The van der Waals surface area contributed by atoms with Gasteiger partial charge in [-0.1, -0.05) is 78.3 Å². The van der Waals surface area contributed by atoms with Crippen LogP contribution in [0.5, 0.6) is 0 Å². The first-order chi connectivity index (χ1) is 7.56. The van der Waals surface area contributed by atoms with Crippen LogP contribution < -0.4 is 5.73 Å². The van der Waals surface area contributed by atoms with Crippen molar-refractivity contribution in [2.24, 2.45) is 5.73 Å². The molecule has 0 radical (unpaired) electrons. The van der Waals surface area contributed by atoms with Crippen LogP contribution in [0.1, 0.15) is 45.4 Å². The minimum absolute atomic E-state index is 0.201. The van der Waals surface area contributed by atoms with Crippen LogP contribution in [0.4, 0.5) is 0 Å². The van der Waals surface area contributed by atoms with Gasteiger partial charge < -0.3 is 5.73 Å². The zero-order valence-electron chi connectivity index (χ0n) is 13.3. The summed E-state index contributed by atoms with van der Waals surface area (Å²) in [5.74, 6) is 0. The lowest BCUT2D eigenvalue weighted by Crippen LogP contribution is -2.72. The first-order valence-electron chi connectivity index (χ1n) is 7.35. The van der Waals surface area contributed by atoms with Gasteiger partial charge in [0.1, 0.15) is 0 Å². The van der Waals surface area contributed by atoms with Gasteiger partial charge in [-0.05, 0) is 6.42 Å². The van der Waals surface area contributed by atoms with Crippen molar-refractivity contribution in [3.05, 3.63) is 0 Å². The molecule has 0 bridgehead atoms. The Labute approximate surface area is 112 Å². The number of rotatable bonds is 8. The smallest absolute Gasteiger partial charge is 0.0634 e. The highest BCUT2D eigenvalue weighted by atomic mass is 28.4. The molecule has 0 amide bonds.